The summed E-state index contributed by atoms with van der Waals surface area (Å²) in [4.78, 5) is 21.5. The predicted molar refractivity (Wildman–Crippen MR) is 66.3 cm³/mol. The van der Waals surface area contributed by atoms with Crippen molar-refractivity contribution in [2.24, 2.45) is 5.73 Å². The molecule has 0 fully saturated rings. The summed E-state index contributed by atoms with van der Waals surface area (Å²) in [5.41, 5.74) is 4.56. The monoisotopic (exact) mass is 277 g/mol. The third-order valence-corrected chi connectivity index (χ3v) is 2.13. The molecule has 0 aromatic heterocycles. The summed E-state index contributed by atoms with van der Waals surface area (Å²) >= 11 is 0. The summed E-state index contributed by atoms with van der Waals surface area (Å²) in [6.45, 7) is 1.87. The number of hydrogen-bond acceptors (Lipinski definition) is 4. The van der Waals surface area contributed by atoms with Crippen LogP contribution in [0.15, 0.2) is 18.2 Å². The second kappa shape index (κ2) is 6.87. The molecule has 0 spiro atoms. The largest absolute Gasteiger partial charge is 0.348 e. The summed E-state index contributed by atoms with van der Waals surface area (Å²) in [7, 11) is 0. The number of nitrogens with two attached hydrogens (primary N) is 1. The van der Waals surface area contributed by atoms with Crippen LogP contribution in [0.25, 0.3) is 0 Å². The molecule has 18 heavy (non-hydrogen) atoms. The highest BCUT2D eigenvalue weighted by Gasteiger charge is 2.21. The van der Waals surface area contributed by atoms with Gasteiger partial charge in [0.1, 0.15) is 11.4 Å². The van der Waals surface area contributed by atoms with Gasteiger partial charge < -0.3 is 11.1 Å². The van der Waals surface area contributed by atoms with Crippen molar-refractivity contribution in [3.05, 3.63) is 39.7 Å². The van der Waals surface area contributed by atoms with Crippen LogP contribution in [-0.2, 0) is 0 Å². The van der Waals surface area contributed by atoms with Gasteiger partial charge in [-0.05, 0) is 19.1 Å². The van der Waals surface area contributed by atoms with Gasteiger partial charge in [-0.3, -0.25) is 14.9 Å². The number of carbonyl (C=O) groups is 1. The standard InChI is InChI=1S/C10H12FN3O3.ClH/c1-6(5-12)13-10(15)8-3-2-7(11)4-9(8)14(16)17;/h2-4,6H,5,12H2,1H3,(H,13,15);1H/t6-;/m1./s1. The minimum Gasteiger partial charge on any atom is -0.348 e. The zero-order valence-corrected chi connectivity index (χ0v) is 10.4. The molecule has 0 unspecified atom stereocenters. The molecule has 0 bridgehead atoms. The van der Waals surface area contributed by atoms with Crippen LogP contribution >= 0.6 is 12.4 Å². The lowest BCUT2D eigenvalue weighted by Gasteiger charge is -2.11. The summed E-state index contributed by atoms with van der Waals surface area (Å²) in [6, 6.07) is 2.47. The third-order valence-electron chi connectivity index (χ3n) is 2.13. The molecular weight excluding hydrogens is 265 g/mol. The highest BCUT2D eigenvalue weighted by atomic mass is 35.5. The Labute approximate surface area is 109 Å². The van der Waals surface area contributed by atoms with Gasteiger partial charge in [0, 0.05) is 12.6 Å². The fourth-order valence-electron chi connectivity index (χ4n) is 1.21. The number of nitro benzene ring substituents is 1. The molecule has 8 heteroatoms. The SMILES string of the molecule is C[C@H](CN)NC(=O)c1ccc(F)cc1[N+](=O)[O-].Cl. The highest BCUT2D eigenvalue weighted by Crippen LogP contribution is 2.19. The quantitative estimate of drug-likeness (QED) is 0.639. The fraction of sp³-hybridized carbons (Fsp3) is 0.300. The molecule has 3 N–H and O–H groups in total. The van der Waals surface area contributed by atoms with Crippen molar-refractivity contribution in [1.29, 1.82) is 0 Å². The van der Waals surface area contributed by atoms with E-state index in [9.17, 15) is 19.3 Å². The van der Waals surface area contributed by atoms with Crippen molar-refractivity contribution in [3.63, 3.8) is 0 Å². The maximum absolute atomic E-state index is 12.8. The van der Waals surface area contributed by atoms with Crippen LogP contribution in [0.4, 0.5) is 10.1 Å². The van der Waals surface area contributed by atoms with E-state index in [1.807, 2.05) is 0 Å². The molecular formula is C10H13ClFN3O3. The molecule has 0 saturated heterocycles. The van der Waals surface area contributed by atoms with Crippen LogP contribution < -0.4 is 11.1 Å². The second-order valence-corrected chi connectivity index (χ2v) is 3.53. The molecule has 0 radical (unpaired) electrons. The van der Waals surface area contributed by atoms with Crippen LogP contribution in [-0.4, -0.2) is 23.4 Å². The minimum absolute atomic E-state index is 0. The Morgan fingerprint density at radius 1 is 1.61 bits per heavy atom. The molecule has 1 aromatic rings. The van der Waals surface area contributed by atoms with Crippen LogP contribution in [0.5, 0.6) is 0 Å². The third kappa shape index (κ3) is 3.94. The van der Waals surface area contributed by atoms with Gasteiger partial charge >= 0.3 is 0 Å². The summed E-state index contributed by atoms with van der Waals surface area (Å²) in [5.74, 6) is -1.41. The number of carbonyl (C=O) groups excluding carboxylic acids is 1. The average Bonchev–Trinajstić information content (AvgIpc) is 2.28. The van der Waals surface area contributed by atoms with E-state index in [1.165, 1.54) is 0 Å². The Hall–Kier alpha value is -1.73. The van der Waals surface area contributed by atoms with Crippen LogP contribution in [0, 0.1) is 15.9 Å². The molecule has 1 aromatic carbocycles. The van der Waals surface area contributed by atoms with Gasteiger partial charge in [0.15, 0.2) is 0 Å². The fourth-order valence-corrected chi connectivity index (χ4v) is 1.21. The number of nitro groups is 1. The lowest BCUT2D eigenvalue weighted by atomic mass is 10.1. The van der Waals surface area contributed by atoms with Gasteiger partial charge in [0.05, 0.1) is 11.0 Å². The number of amides is 1. The van der Waals surface area contributed by atoms with Gasteiger partial charge in [-0.25, -0.2) is 4.39 Å². The van der Waals surface area contributed by atoms with E-state index >= 15 is 0 Å². The number of halogens is 2. The normalized spacial score (nSPS) is 11.3. The van der Waals surface area contributed by atoms with Crippen molar-refractivity contribution >= 4 is 24.0 Å². The average molecular weight is 278 g/mol. The van der Waals surface area contributed by atoms with Crippen LogP contribution in [0.1, 0.15) is 17.3 Å². The molecule has 0 aliphatic carbocycles. The van der Waals surface area contributed by atoms with Gasteiger partial charge in [0.25, 0.3) is 11.6 Å². The van der Waals surface area contributed by atoms with Crippen molar-refractivity contribution in [2.45, 2.75) is 13.0 Å². The van der Waals surface area contributed by atoms with E-state index in [0.717, 1.165) is 12.1 Å². The smallest absolute Gasteiger partial charge is 0.285 e. The van der Waals surface area contributed by atoms with Crippen LogP contribution in [0.2, 0.25) is 0 Å². The Morgan fingerprint density at radius 2 is 2.22 bits per heavy atom. The lowest BCUT2D eigenvalue weighted by molar-refractivity contribution is -0.385. The first-order valence-corrected chi connectivity index (χ1v) is 4.90. The molecule has 0 aliphatic heterocycles. The number of nitrogens with zero attached hydrogens (tertiary/aromatic N) is 1. The molecule has 1 atom stereocenters. The minimum atomic E-state index is -0.800. The maximum atomic E-state index is 12.8. The van der Waals surface area contributed by atoms with E-state index in [4.69, 9.17) is 5.73 Å². The first-order chi connectivity index (χ1) is 7.95. The van der Waals surface area contributed by atoms with E-state index in [0.29, 0.717) is 6.07 Å². The van der Waals surface area contributed by atoms with Crippen molar-refractivity contribution in [3.8, 4) is 0 Å². The van der Waals surface area contributed by atoms with Gasteiger partial charge in [-0.2, -0.15) is 0 Å². The van der Waals surface area contributed by atoms with Gasteiger partial charge in [-0.15, -0.1) is 12.4 Å². The Bertz CT molecular complexity index is 456. The molecule has 0 saturated carbocycles. The number of nitrogens with one attached hydrogen (secondary N) is 1. The number of rotatable bonds is 4. The van der Waals surface area contributed by atoms with Gasteiger partial charge in [0.2, 0.25) is 0 Å². The lowest BCUT2D eigenvalue weighted by Crippen LogP contribution is -2.38. The Morgan fingerprint density at radius 3 is 2.72 bits per heavy atom. The first kappa shape index (κ1) is 16.3. The van der Waals surface area contributed by atoms with Gasteiger partial charge in [-0.1, -0.05) is 0 Å². The molecule has 100 valence electrons. The van der Waals surface area contributed by atoms with Crippen molar-refractivity contribution < 1.29 is 14.1 Å². The number of benzene rings is 1. The maximum Gasteiger partial charge on any atom is 0.285 e. The zero-order chi connectivity index (χ0) is 13.0. The second-order valence-electron chi connectivity index (χ2n) is 3.53. The molecule has 0 heterocycles. The van der Waals surface area contributed by atoms with Crippen LogP contribution in [0.3, 0.4) is 0 Å². The molecule has 6 nitrogen and oxygen atoms in total. The van der Waals surface area contributed by atoms with E-state index < -0.39 is 22.3 Å². The topological polar surface area (TPSA) is 98.3 Å². The summed E-state index contributed by atoms with van der Waals surface area (Å²) in [6.07, 6.45) is 0. The van der Waals surface area contributed by atoms with E-state index in [-0.39, 0.29) is 30.6 Å². The number of hydrogen-bond donors (Lipinski definition) is 2. The molecule has 1 amide bonds. The Balaban J connectivity index is 0.00000289. The van der Waals surface area contributed by atoms with Crippen molar-refractivity contribution in [1.82, 2.24) is 5.32 Å². The highest BCUT2D eigenvalue weighted by molar-refractivity contribution is 5.98. The zero-order valence-electron chi connectivity index (χ0n) is 9.55. The summed E-state index contributed by atoms with van der Waals surface area (Å²) in [5, 5.41) is 13.1. The first-order valence-electron chi connectivity index (χ1n) is 4.90. The van der Waals surface area contributed by atoms with Crippen molar-refractivity contribution in [2.75, 3.05) is 6.54 Å². The molecule has 1 rings (SSSR count). The predicted octanol–water partition coefficient (Wildman–Crippen LogP) is 1.23. The van der Waals surface area contributed by atoms with E-state index in [2.05, 4.69) is 5.32 Å². The van der Waals surface area contributed by atoms with E-state index in [1.54, 1.807) is 6.92 Å². The summed E-state index contributed by atoms with van der Waals surface area (Å²) < 4.78 is 12.8. The Kier molecular flexibility index (Phi) is 6.21. The molecule has 0 aliphatic rings.